The van der Waals surface area contributed by atoms with Gasteiger partial charge >= 0.3 is 6.36 Å². The summed E-state index contributed by atoms with van der Waals surface area (Å²) in [7, 11) is 1.54. The molecule has 3 rings (SSSR count). The van der Waals surface area contributed by atoms with E-state index in [1.165, 1.54) is 25.3 Å². The lowest BCUT2D eigenvalue weighted by Crippen LogP contribution is -2.21. The van der Waals surface area contributed by atoms with Gasteiger partial charge in [0.05, 0.1) is 25.1 Å². The molecule has 0 bridgehead atoms. The summed E-state index contributed by atoms with van der Waals surface area (Å²) in [5.41, 5.74) is 1.39. The third kappa shape index (κ3) is 6.22. The lowest BCUT2D eigenvalue weighted by atomic mass is 10.1. The van der Waals surface area contributed by atoms with Crippen molar-refractivity contribution in [1.29, 1.82) is 0 Å². The number of nitrogens with zero attached hydrogens (tertiary/aromatic N) is 2. The number of aliphatic hydroxyl groups is 1. The van der Waals surface area contributed by atoms with E-state index in [1.807, 2.05) is 12.1 Å². The Hall–Kier alpha value is -3.53. The maximum absolute atomic E-state index is 12.6. The first-order valence-electron chi connectivity index (χ1n) is 9.30. The number of para-hydroxylation sites is 2. The van der Waals surface area contributed by atoms with Gasteiger partial charge in [-0.3, -0.25) is 0 Å². The molecule has 0 spiro atoms. The van der Waals surface area contributed by atoms with Crippen molar-refractivity contribution in [3.63, 3.8) is 0 Å². The molecule has 2 aromatic carbocycles. The van der Waals surface area contributed by atoms with Crippen LogP contribution >= 0.6 is 0 Å². The lowest BCUT2D eigenvalue weighted by Gasteiger charge is -2.16. The third-order valence-electron chi connectivity index (χ3n) is 4.11. The van der Waals surface area contributed by atoms with Crippen LogP contribution in [0.25, 0.3) is 11.3 Å². The molecule has 0 aliphatic carbocycles. The number of halogens is 3. The molecule has 1 atom stereocenters. The van der Waals surface area contributed by atoms with Crippen LogP contribution in [-0.2, 0) is 0 Å². The van der Waals surface area contributed by atoms with Gasteiger partial charge in [-0.05, 0) is 31.2 Å². The van der Waals surface area contributed by atoms with E-state index in [2.05, 4.69) is 25.3 Å². The minimum Gasteiger partial charge on any atom is -0.495 e. The van der Waals surface area contributed by atoms with Crippen LogP contribution in [-0.4, -0.2) is 41.2 Å². The number of nitrogens with one attached hydrogen (secondary N) is 2. The molecule has 0 aliphatic rings. The topological polar surface area (TPSA) is 88.5 Å². The molecule has 7 nitrogen and oxygen atoms in total. The second kappa shape index (κ2) is 9.52. The Labute approximate surface area is 176 Å². The quantitative estimate of drug-likeness (QED) is 0.478. The zero-order chi connectivity index (χ0) is 22.4. The summed E-state index contributed by atoms with van der Waals surface area (Å²) in [5, 5.41) is 15.4. The van der Waals surface area contributed by atoms with Crippen molar-refractivity contribution in [3.8, 4) is 22.8 Å². The van der Waals surface area contributed by atoms with Crippen LogP contribution in [0.15, 0.2) is 54.6 Å². The molecule has 0 fully saturated rings. The van der Waals surface area contributed by atoms with Gasteiger partial charge in [0.25, 0.3) is 0 Å². The highest BCUT2D eigenvalue weighted by Crippen LogP contribution is 2.31. The first-order valence-corrected chi connectivity index (χ1v) is 9.30. The van der Waals surface area contributed by atoms with Crippen LogP contribution in [0.3, 0.4) is 0 Å². The van der Waals surface area contributed by atoms with Crippen LogP contribution in [0.5, 0.6) is 11.5 Å². The number of ether oxygens (including phenoxy) is 2. The monoisotopic (exact) mass is 434 g/mol. The van der Waals surface area contributed by atoms with Gasteiger partial charge in [0.2, 0.25) is 5.95 Å². The van der Waals surface area contributed by atoms with Gasteiger partial charge in [-0.1, -0.05) is 24.3 Å². The zero-order valence-electron chi connectivity index (χ0n) is 16.8. The Morgan fingerprint density at radius 2 is 1.84 bits per heavy atom. The van der Waals surface area contributed by atoms with E-state index >= 15 is 0 Å². The van der Waals surface area contributed by atoms with E-state index in [4.69, 9.17) is 4.74 Å². The number of rotatable bonds is 8. The fourth-order valence-corrected chi connectivity index (χ4v) is 2.73. The standard InChI is InChI=1S/C21H21F3N4O3/c1-13(12-29)25-20-27-17(14-6-5-7-15(10-14)31-21(22,23)24)11-19(28-20)26-16-8-3-4-9-18(16)30-2/h3-11,13,29H,12H2,1-2H3,(H2,25,26,27,28)/t13-/m0/s1. The van der Waals surface area contributed by atoms with Gasteiger partial charge in [0, 0.05) is 17.7 Å². The number of anilines is 3. The van der Waals surface area contributed by atoms with E-state index in [0.717, 1.165) is 0 Å². The molecule has 3 aromatic rings. The molecule has 31 heavy (non-hydrogen) atoms. The number of benzene rings is 2. The van der Waals surface area contributed by atoms with E-state index in [9.17, 15) is 18.3 Å². The molecular formula is C21H21F3N4O3. The predicted octanol–water partition coefficient (Wildman–Crippen LogP) is 4.59. The molecule has 10 heteroatoms. The largest absolute Gasteiger partial charge is 0.573 e. The number of hydrogen-bond acceptors (Lipinski definition) is 7. The van der Waals surface area contributed by atoms with Crippen molar-refractivity contribution >= 4 is 17.5 Å². The van der Waals surface area contributed by atoms with E-state index in [1.54, 1.807) is 31.2 Å². The van der Waals surface area contributed by atoms with Gasteiger partial charge in [-0.2, -0.15) is 4.98 Å². The number of aliphatic hydroxyl groups excluding tert-OH is 1. The molecule has 0 saturated carbocycles. The molecule has 3 N–H and O–H groups in total. The maximum Gasteiger partial charge on any atom is 0.573 e. The lowest BCUT2D eigenvalue weighted by molar-refractivity contribution is -0.274. The molecule has 1 heterocycles. The molecule has 164 valence electrons. The Balaban J connectivity index is 2.00. The molecule has 0 saturated heterocycles. The number of methoxy groups -OCH3 is 1. The van der Waals surface area contributed by atoms with Crippen LogP contribution in [0.2, 0.25) is 0 Å². The summed E-state index contributed by atoms with van der Waals surface area (Å²) in [6, 6.07) is 13.9. The Bertz CT molecular complexity index is 1030. The second-order valence-corrected chi connectivity index (χ2v) is 6.59. The van der Waals surface area contributed by atoms with Crippen LogP contribution in [0.1, 0.15) is 6.92 Å². The van der Waals surface area contributed by atoms with Crippen molar-refractivity contribution in [2.45, 2.75) is 19.3 Å². The Morgan fingerprint density at radius 1 is 1.06 bits per heavy atom. The maximum atomic E-state index is 12.6. The average molecular weight is 434 g/mol. The van der Waals surface area contributed by atoms with Crippen molar-refractivity contribution in [3.05, 3.63) is 54.6 Å². The van der Waals surface area contributed by atoms with Crippen LogP contribution < -0.4 is 20.1 Å². The van der Waals surface area contributed by atoms with Crippen LogP contribution in [0.4, 0.5) is 30.6 Å². The van der Waals surface area contributed by atoms with Crippen molar-refractivity contribution in [2.24, 2.45) is 0 Å². The number of alkyl halides is 3. The normalized spacial score (nSPS) is 12.2. The first kappa shape index (κ1) is 22.2. The van der Waals surface area contributed by atoms with E-state index < -0.39 is 6.36 Å². The van der Waals surface area contributed by atoms with E-state index in [0.29, 0.717) is 28.5 Å². The second-order valence-electron chi connectivity index (χ2n) is 6.59. The highest BCUT2D eigenvalue weighted by molar-refractivity contribution is 5.70. The summed E-state index contributed by atoms with van der Waals surface area (Å²) in [4.78, 5) is 8.76. The highest BCUT2D eigenvalue weighted by atomic mass is 19.4. The van der Waals surface area contributed by atoms with Crippen molar-refractivity contribution in [2.75, 3.05) is 24.4 Å². The summed E-state index contributed by atoms with van der Waals surface area (Å²) in [6.07, 6.45) is -4.80. The summed E-state index contributed by atoms with van der Waals surface area (Å²) >= 11 is 0. The third-order valence-corrected chi connectivity index (χ3v) is 4.11. The SMILES string of the molecule is COc1ccccc1Nc1cc(-c2cccc(OC(F)(F)F)c2)nc(N[C@@H](C)CO)n1. The van der Waals surface area contributed by atoms with E-state index in [-0.39, 0.29) is 24.3 Å². The molecule has 0 radical (unpaired) electrons. The van der Waals surface area contributed by atoms with Gasteiger partial charge < -0.3 is 25.2 Å². The van der Waals surface area contributed by atoms with Gasteiger partial charge in [-0.15, -0.1) is 13.2 Å². The zero-order valence-corrected chi connectivity index (χ0v) is 16.8. The molecule has 1 aromatic heterocycles. The molecule has 0 unspecified atom stereocenters. The van der Waals surface area contributed by atoms with Gasteiger partial charge in [0.15, 0.2) is 0 Å². The summed E-state index contributed by atoms with van der Waals surface area (Å²) in [5.74, 6) is 0.797. The Morgan fingerprint density at radius 3 is 2.55 bits per heavy atom. The summed E-state index contributed by atoms with van der Waals surface area (Å²) < 4.78 is 47.1. The van der Waals surface area contributed by atoms with Gasteiger partial charge in [0.1, 0.15) is 17.3 Å². The number of aromatic nitrogens is 2. The minimum atomic E-state index is -4.80. The highest BCUT2D eigenvalue weighted by Gasteiger charge is 2.31. The fraction of sp³-hybridized carbons (Fsp3) is 0.238. The molecular weight excluding hydrogens is 413 g/mol. The average Bonchev–Trinajstić information content (AvgIpc) is 2.73. The smallest absolute Gasteiger partial charge is 0.495 e. The minimum absolute atomic E-state index is 0.155. The molecule has 0 aliphatic heterocycles. The van der Waals surface area contributed by atoms with Crippen LogP contribution in [0, 0.1) is 0 Å². The fourth-order valence-electron chi connectivity index (χ4n) is 2.73. The van der Waals surface area contributed by atoms with Crippen molar-refractivity contribution in [1.82, 2.24) is 9.97 Å². The first-order chi connectivity index (χ1) is 14.8. The van der Waals surface area contributed by atoms with Crippen molar-refractivity contribution < 1.29 is 27.8 Å². The summed E-state index contributed by atoms with van der Waals surface area (Å²) in [6.45, 7) is 1.58. The van der Waals surface area contributed by atoms with Gasteiger partial charge in [-0.25, -0.2) is 4.98 Å². The Kier molecular flexibility index (Phi) is 6.81. The molecule has 0 amide bonds. The predicted molar refractivity (Wildman–Crippen MR) is 111 cm³/mol. The number of hydrogen-bond donors (Lipinski definition) is 3.